The molecule has 3 nitrogen and oxygen atoms in total. The molecular formula is C16H20ClNO2S. The summed E-state index contributed by atoms with van der Waals surface area (Å²) >= 11 is 7.47. The Morgan fingerprint density at radius 2 is 2.05 bits per heavy atom. The first kappa shape index (κ1) is 16.3. The smallest absolute Gasteiger partial charge is 0.122 e. The van der Waals surface area contributed by atoms with E-state index in [1.807, 2.05) is 43.3 Å². The van der Waals surface area contributed by atoms with E-state index in [1.54, 1.807) is 11.3 Å². The fourth-order valence-corrected chi connectivity index (χ4v) is 3.03. The van der Waals surface area contributed by atoms with Gasteiger partial charge in [0.25, 0.3) is 0 Å². The van der Waals surface area contributed by atoms with E-state index in [2.05, 4.69) is 12.2 Å². The lowest BCUT2D eigenvalue weighted by Gasteiger charge is -2.17. The molecule has 5 heteroatoms. The second kappa shape index (κ2) is 7.80. The van der Waals surface area contributed by atoms with Crippen molar-refractivity contribution in [3.8, 4) is 5.75 Å². The number of rotatable bonds is 7. The van der Waals surface area contributed by atoms with Gasteiger partial charge >= 0.3 is 0 Å². The van der Waals surface area contributed by atoms with Gasteiger partial charge < -0.3 is 15.2 Å². The van der Waals surface area contributed by atoms with E-state index >= 15 is 0 Å². The highest BCUT2D eigenvalue weighted by Crippen LogP contribution is 2.26. The molecule has 0 fully saturated rings. The number of nitrogens with one attached hydrogen (secondary N) is 1. The zero-order chi connectivity index (χ0) is 15.2. The molecule has 0 amide bonds. The number of hydrogen-bond donors (Lipinski definition) is 2. The van der Waals surface area contributed by atoms with Crippen molar-refractivity contribution in [2.45, 2.75) is 26.0 Å². The van der Waals surface area contributed by atoms with Gasteiger partial charge in [-0.2, -0.15) is 0 Å². The van der Waals surface area contributed by atoms with Crippen LogP contribution < -0.4 is 10.1 Å². The maximum Gasteiger partial charge on any atom is 0.122 e. The Bertz CT molecular complexity index is 573. The summed E-state index contributed by atoms with van der Waals surface area (Å²) in [4.78, 5) is 1.16. The molecule has 0 aliphatic carbocycles. The third kappa shape index (κ3) is 5.00. The molecule has 1 heterocycles. The van der Waals surface area contributed by atoms with E-state index in [4.69, 9.17) is 16.3 Å². The van der Waals surface area contributed by atoms with Crippen LogP contribution in [0.4, 0.5) is 0 Å². The Balaban J connectivity index is 1.75. The average Bonchev–Trinajstić information content (AvgIpc) is 2.90. The zero-order valence-corrected chi connectivity index (χ0v) is 13.7. The highest BCUT2D eigenvalue weighted by Gasteiger charge is 2.11. The van der Waals surface area contributed by atoms with E-state index in [0.29, 0.717) is 6.54 Å². The van der Waals surface area contributed by atoms with Gasteiger partial charge in [0.1, 0.15) is 18.5 Å². The largest absolute Gasteiger partial charge is 0.491 e. The number of ether oxygens (including phenoxy) is 1. The fourth-order valence-electron chi connectivity index (χ4n) is 1.94. The molecule has 2 atom stereocenters. The summed E-state index contributed by atoms with van der Waals surface area (Å²) in [6.45, 7) is 4.79. The first-order chi connectivity index (χ1) is 10.1. The summed E-state index contributed by atoms with van der Waals surface area (Å²) in [5.41, 5.74) is 1.07. The summed E-state index contributed by atoms with van der Waals surface area (Å²) < 4.78 is 6.41. The number of para-hydroxylation sites is 1. The van der Waals surface area contributed by atoms with Crippen LogP contribution in [-0.4, -0.2) is 24.4 Å². The number of benzene rings is 1. The van der Waals surface area contributed by atoms with Gasteiger partial charge in [0.2, 0.25) is 0 Å². The normalized spacial score (nSPS) is 13.9. The third-order valence-electron chi connectivity index (χ3n) is 3.21. The molecule has 2 unspecified atom stereocenters. The number of halogens is 1. The van der Waals surface area contributed by atoms with Crippen LogP contribution >= 0.6 is 22.9 Å². The molecule has 2 aromatic rings. The van der Waals surface area contributed by atoms with E-state index in [-0.39, 0.29) is 12.6 Å². The van der Waals surface area contributed by atoms with Crippen LogP contribution in [0.5, 0.6) is 5.75 Å². The summed E-state index contributed by atoms with van der Waals surface area (Å²) in [6.07, 6.45) is -0.553. The van der Waals surface area contributed by atoms with Crippen LogP contribution in [0.2, 0.25) is 4.34 Å². The van der Waals surface area contributed by atoms with E-state index in [1.165, 1.54) is 0 Å². The molecule has 2 N–H and O–H groups in total. The van der Waals surface area contributed by atoms with Crippen molar-refractivity contribution in [2.75, 3.05) is 13.2 Å². The van der Waals surface area contributed by atoms with Crippen molar-refractivity contribution < 1.29 is 9.84 Å². The maximum atomic E-state index is 9.99. The number of aliphatic hydroxyl groups is 1. The number of thiophene rings is 1. The Labute approximate surface area is 134 Å². The molecule has 0 aliphatic rings. The van der Waals surface area contributed by atoms with Crippen LogP contribution in [0.1, 0.15) is 23.4 Å². The quantitative estimate of drug-likeness (QED) is 0.813. The monoisotopic (exact) mass is 325 g/mol. The van der Waals surface area contributed by atoms with Gasteiger partial charge in [-0.25, -0.2) is 0 Å². The number of aliphatic hydroxyl groups excluding tert-OH is 1. The summed E-state index contributed by atoms with van der Waals surface area (Å²) in [6, 6.07) is 11.8. The molecule has 0 saturated carbocycles. The predicted octanol–water partition coefficient (Wildman–Crippen LogP) is 3.80. The molecular weight excluding hydrogens is 306 g/mol. The second-order valence-electron chi connectivity index (χ2n) is 5.00. The SMILES string of the molecule is Cc1ccccc1OCC(O)CNC(C)c1ccc(Cl)s1. The Morgan fingerprint density at radius 1 is 1.29 bits per heavy atom. The van der Waals surface area contributed by atoms with Crippen LogP contribution in [0, 0.1) is 6.92 Å². The first-order valence-corrected chi connectivity index (χ1v) is 8.11. The zero-order valence-electron chi connectivity index (χ0n) is 12.2. The molecule has 0 bridgehead atoms. The van der Waals surface area contributed by atoms with E-state index in [0.717, 1.165) is 20.5 Å². The minimum atomic E-state index is -0.553. The third-order valence-corrected chi connectivity index (χ3v) is 4.62. The molecule has 21 heavy (non-hydrogen) atoms. The molecule has 0 radical (unpaired) electrons. The highest BCUT2D eigenvalue weighted by atomic mass is 35.5. The highest BCUT2D eigenvalue weighted by molar-refractivity contribution is 7.16. The molecule has 0 spiro atoms. The Hall–Kier alpha value is -1.07. The lowest BCUT2D eigenvalue weighted by molar-refractivity contribution is 0.104. The van der Waals surface area contributed by atoms with Gasteiger partial charge in [-0.1, -0.05) is 29.8 Å². The fraction of sp³-hybridized carbons (Fsp3) is 0.375. The van der Waals surface area contributed by atoms with Gasteiger partial charge in [0.05, 0.1) is 4.34 Å². The van der Waals surface area contributed by atoms with Crippen molar-refractivity contribution >= 4 is 22.9 Å². The Morgan fingerprint density at radius 3 is 2.71 bits per heavy atom. The minimum Gasteiger partial charge on any atom is -0.491 e. The summed E-state index contributed by atoms with van der Waals surface area (Å²) in [7, 11) is 0. The van der Waals surface area contributed by atoms with Gasteiger partial charge in [-0.3, -0.25) is 0 Å². The number of aryl methyl sites for hydroxylation is 1. The van der Waals surface area contributed by atoms with Gasteiger partial charge in [-0.05, 0) is 37.6 Å². The maximum absolute atomic E-state index is 9.99. The lowest BCUT2D eigenvalue weighted by atomic mass is 10.2. The standard InChI is InChI=1S/C16H20ClNO2S/c1-11-5-3-4-6-14(11)20-10-13(19)9-18-12(2)15-7-8-16(17)21-15/h3-8,12-13,18-19H,9-10H2,1-2H3. The topological polar surface area (TPSA) is 41.5 Å². The molecule has 0 aliphatic heterocycles. The minimum absolute atomic E-state index is 0.163. The van der Waals surface area contributed by atoms with Gasteiger partial charge in [0.15, 0.2) is 0 Å². The molecule has 1 aromatic heterocycles. The molecule has 1 aromatic carbocycles. The average molecular weight is 326 g/mol. The second-order valence-corrected chi connectivity index (χ2v) is 6.75. The van der Waals surface area contributed by atoms with Gasteiger partial charge in [-0.15, -0.1) is 11.3 Å². The number of hydrogen-bond acceptors (Lipinski definition) is 4. The Kier molecular flexibility index (Phi) is 6.06. The molecule has 114 valence electrons. The van der Waals surface area contributed by atoms with Crippen LogP contribution in [0.15, 0.2) is 36.4 Å². The van der Waals surface area contributed by atoms with E-state index in [9.17, 15) is 5.11 Å². The van der Waals surface area contributed by atoms with Crippen molar-refractivity contribution in [2.24, 2.45) is 0 Å². The van der Waals surface area contributed by atoms with Crippen LogP contribution in [0.25, 0.3) is 0 Å². The van der Waals surface area contributed by atoms with Crippen molar-refractivity contribution in [3.05, 3.63) is 51.2 Å². The predicted molar refractivity (Wildman–Crippen MR) is 88.4 cm³/mol. The molecule has 2 rings (SSSR count). The van der Waals surface area contributed by atoms with Crippen LogP contribution in [-0.2, 0) is 0 Å². The lowest BCUT2D eigenvalue weighted by Crippen LogP contribution is -2.32. The van der Waals surface area contributed by atoms with Crippen molar-refractivity contribution in [3.63, 3.8) is 0 Å². The first-order valence-electron chi connectivity index (χ1n) is 6.91. The summed E-state index contributed by atoms with van der Waals surface area (Å²) in [5, 5.41) is 13.3. The van der Waals surface area contributed by atoms with Gasteiger partial charge in [0, 0.05) is 17.5 Å². The van der Waals surface area contributed by atoms with Crippen LogP contribution in [0.3, 0.4) is 0 Å². The summed E-state index contributed by atoms with van der Waals surface area (Å²) in [5.74, 6) is 0.814. The molecule has 0 saturated heterocycles. The van der Waals surface area contributed by atoms with E-state index < -0.39 is 6.10 Å². The van der Waals surface area contributed by atoms with Crippen molar-refractivity contribution in [1.29, 1.82) is 0 Å². The van der Waals surface area contributed by atoms with Crippen molar-refractivity contribution in [1.82, 2.24) is 5.32 Å².